The zero-order chi connectivity index (χ0) is 21.2. The van der Waals surface area contributed by atoms with Gasteiger partial charge in [0, 0.05) is 6.54 Å². The second-order valence-electron chi connectivity index (χ2n) is 6.38. The SMILES string of the molecule is CCOC(=O)NCCCCCC1=C([N+](=O)[O-])[C@@H](c2ccc(OC)cc2)NC(=O)N1. The van der Waals surface area contributed by atoms with Gasteiger partial charge in [-0.3, -0.25) is 10.1 Å². The van der Waals surface area contributed by atoms with E-state index in [0.29, 0.717) is 49.4 Å². The van der Waals surface area contributed by atoms with Gasteiger partial charge in [-0.15, -0.1) is 0 Å². The molecule has 0 radical (unpaired) electrons. The van der Waals surface area contributed by atoms with Gasteiger partial charge in [-0.2, -0.15) is 0 Å². The van der Waals surface area contributed by atoms with Gasteiger partial charge in [0.05, 0.1) is 24.3 Å². The summed E-state index contributed by atoms with van der Waals surface area (Å²) in [7, 11) is 1.53. The smallest absolute Gasteiger partial charge is 0.407 e. The van der Waals surface area contributed by atoms with Crippen LogP contribution in [0.15, 0.2) is 35.7 Å². The zero-order valence-corrected chi connectivity index (χ0v) is 16.5. The molecule has 1 aromatic carbocycles. The third kappa shape index (κ3) is 6.37. The third-order valence-electron chi connectivity index (χ3n) is 4.42. The number of amides is 3. The van der Waals surface area contributed by atoms with Crippen LogP contribution in [0.25, 0.3) is 0 Å². The summed E-state index contributed by atoms with van der Waals surface area (Å²) in [5, 5.41) is 19.5. The molecule has 1 atom stereocenters. The second-order valence-corrected chi connectivity index (χ2v) is 6.38. The molecule has 2 rings (SSSR count). The highest BCUT2D eigenvalue weighted by Crippen LogP contribution is 2.30. The molecule has 0 fully saturated rings. The lowest BCUT2D eigenvalue weighted by molar-refractivity contribution is -0.433. The number of ether oxygens (including phenoxy) is 2. The molecule has 10 nitrogen and oxygen atoms in total. The van der Waals surface area contributed by atoms with Crippen LogP contribution in [0.1, 0.15) is 44.2 Å². The number of carbonyl (C=O) groups excluding carboxylic acids is 2. The molecule has 1 aliphatic rings. The number of rotatable bonds is 10. The van der Waals surface area contributed by atoms with Crippen molar-refractivity contribution in [2.75, 3.05) is 20.3 Å². The van der Waals surface area contributed by atoms with E-state index in [1.54, 1.807) is 31.2 Å². The lowest BCUT2D eigenvalue weighted by atomic mass is 9.98. The standard InChI is InChI=1S/C19H26N4O6/c1-3-29-19(25)20-12-6-4-5-7-15-17(23(26)27)16(22-18(24)21-15)13-8-10-14(28-2)11-9-13/h8-11,16H,3-7,12H2,1-2H3,(H,20,25)(H2,21,22,24)/t16-/m1/s1. The number of methoxy groups -OCH3 is 1. The Labute approximate surface area is 168 Å². The maximum Gasteiger partial charge on any atom is 0.407 e. The van der Waals surface area contributed by atoms with Crippen LogP contribution in [-0.4, -0.2) is 37.3 Å². The Morgan fingerprint density at radius 3 is 2.59 bits per heavy atom. The summed E-state index contributed by atoms with van der Waals surface area (Å²) in [4.78, 5) is 34.5. The normalized spacial score (nSPS) is 15.9. The Bertz CT molecular complexity index is 762. The summed E-state index contributed by atoms with van der Waals surface area (Å²) in [6.45, 7) is 2.50. The number of unbranched alkanes of at least 4 members (excludes halogenated alkanes) is 2. The molecule has 10 heteroatoms. The molecule has 1 aliphatic heterocycles. The number of benzene rings is 1. The molecule has 0 unspecified atom stereocenters. The summed E-state index contributed by atoms with van der Waals surface area (Å²) < 4.78 is 9.88. The molecule has 3 amide bonds. The average molecular weight is 406 g/mol. The van der Waals surface area contributed by atoms with E-state index in [1.165, 1.54) is 7.11 Å². The van der Waals surface area contributed by atoms with Gasteiger partial charge in [0.25, 0.3) is 5.70 Å². The Kier molecular flexibility index (Phi) is 8.26. The monoisotopic (exact) mass is 406 g/mol. The van der Waals surface area contributed by atoms with Crippen molar-refractivity contribution in [1.29, 1.82) is 0 Å². The van der Waals surface area contributed by atoms with Gasteiger partial charge in [0.15, 0.2) is 0 Å². The lowest BCUT2D eigenvalue weighted by Crippen LogP contribution is -2.45. The average Bonchev–Trinajstić information content (AvgIpc) is 2.70. The maximum atomic E-state index is 12.1. The Morgan fingerprint density at radius 1 is 1.24 bits per heavy atom. The van der Waals surface area contributed by atoms with Gasteiger partial charge < -0.3 is 25.4 Å². The largest absolute Gasteiger partial charge is 0.497 e. The molecule has 1 aromatic rings. The second kappa shape index (κ2) is 10.9. The van der Waals surface area contributed by atoms with Gasteiger partial charge in [0.1, 0.15) is 11.8 Å². The maximum absolute atomic E-state index is 12.1. The number of hydrogen-bond donors (Lipinski definition) is 3. The molecule has 0 saturated carbocycles. The van der Waals surface area contributed by atoms with E-state index >= 15 is 0 Å². The summed E-state index contributed by atoms with van der Waals surface area (Å²) in [5.41, 5.74) is 0.834. The Hall–Kier alpha value is -3.30. The van der Waals surface area contributed by atoms with Crippen molar-refractivity contribution in [2.24, 2.45) is 0 Å². The first-order valence-corrected chi connectivity index (χ1v) is 9.45. The van der Waals surface area contributed by atoms with E-state index in [0.717, 1.165) is 6.42 Å². The Balaban J connectivity index is 2.01. The van der Waals surface area contributed by atoms with Crippen molar-refractivity contribution in [3.8, 4) is 5.75 Å². The molecule has 0 aliphatic carbocycles. The highest BCUT2D eigenvalue weighted by atomic mass is 16.6. The number of urea groups is 1. The first-order valence-electron chi connectivity index (χ1n) is 9.45. The molecule has 0 spiro atoms. The number of nitrogens with one attached hydrogen (secondary N) is 3. The predicted octanol–water partition coefficient (Wildman–Crippen LogP) is 2.84. The van der Waals surface area contributed by atoms with Crippen molar-refractivity contribution < 1.29 is 24.0 Å². The van der Waals surface area contributed by atoms with Crippen molar-refractivity contribution in [3.05, 3.63) is 51.3 Å². The highest BCUT2D eigenvalue weighted by molar-refractivity contribution is 5.78. The fourth-order valence-corrected chi connectivity index (χ4v) is 3.03. The van der Waals surface area contributed by atoms with E-state index in [-0.39, 0.29) is 5.70 Å². The predicted molar refractivity (Wildman–Crippen MR) is 105 cm³/mol. The lowest BCUT2D eigenvalue weighted by Gasteiger charge is -2.25. The molecular weight excluding hydrogens is 380 g/mol. The van der Waals surface area contributed by atoms with Gasteiger partial charge in [0.2, 0.25) is 0 Å². The van der Waals surface area contributed by atoms with E-state index < -0.39 is 23.1 Å². The van der Waals surface area contributed by atoms with E-state index in [9.17, 15) is 19.7 Å². The molecule has 0 aromatic heterocycles. The minimum Gasteiger partial charge on any atom is -0.497 e. The molecule has 0 saturated heterocycles. The number of nitro groups is 1. The van der Waals surface area contributed by atoms with Crippen LogP contribution in [0.3, 0.4) is 0 Å². The number of nitrogens with zero attached hydrogens (tertiary/aromatic N) is 1. The van der Waals surface area contributed by atoms with Gasteiger partial charge in [-0.25, -0.2) is 9.59 Å². The third-order valence-corrected chi connectivity index (χ3v) is 4.42. The highest BCUT2D eigenvalue weighted by Gasteiger charge is 2.36. The topological polar surface area (TPSA) is 132 Å². The van der Waals surface area contributed by atoms with Crippen LogP contribution < -0.4 is 20.7 Å². The van der Waals surface area contributed by atoms with Crippen molar-refractivity contribution in [2.45, 2.75) is 38.6 Å². The summed E-state index contributed by atoms with van der Waals surface area (Å²) in [6, 6.07) is 5.45. The van der Waals surface area contributed by atoms with Crippen LogP contribution in [-0.2, 0) is 4.74 Å². The molecular formula is C19H26N4O6. The summed E-state index contributed by atoms with van der Waals surface area (Å²) in [5.74, 6) is 0.622. The van der Waals surface area contributed by atoms with Crippen molar-refractivity contribution in [1.82, 2.24) is 16.0 Å². The van der Waals surface area contributed by atoms with Crippen LogP contribution in [0.4, 0.5) is 9.59 Å². The molecule has 1 heterocycles. The van der Waals surface area contributed by atoms with Crippen LogP contribution in [0.2, 0.25) is 0 Å². The van der Waals surface area contributed by atoms with Gasteiger partial charge >= 0.3 is 12.1 Å². The van der Waals surface area contributed by atoms with Gasteiger partial charge in [-0.05, 0) is 43.9 Å². The van der Waals surface area contributed by atoms with E-state index in [1.807, 2.05) is 0 Å². The summed E-state index contributed by atoms with van der Waals surface area (Å²) >= 11 is 0. The zero-order valence-electron chi connectivity index (χ0n) is 16.5. The molecule has 29 heavy (non-hydrogen) atoms. The van der Waals surface area contributed by atoms with E-state index in [2.05, 4.69) is 16.0 Å². The molecule has 3 N–H and O–H groups in total. The first-order chi connectivity index (χ1) is 14.0. The van der Waals surface area contributed by atoms with Crippen molar-refractivity contribution >= 4 is 12.1 Å². The summed E-state index contributed by atoms with van der Waals surface area (Å²) in [6.07, 6.45) is 1.97. The number of allylic oxidation sites excluding steroid dienone is 1. The number of hydrogen-bond acceptors (Lipinski definition) is 6. The van der Waals surface area contributed by atoms with Gasteiger partial charge in [-0.1, -0.05) is 18.6 Å². The van der Waals surface area contributed by atoms with Crippen LogP contribution >= 0.6 is 0 Å². The fourth-order valence-electron chi connectivity index (χ4n) is 3.03. The fraction of sp³-hybridized carbons (Fsp3) is 0.474. The molecule has 0 bridgehead atoms. The first kappa shape index (κ1) is 22.0. The van der Waals surface area contributed by atoms with Crippen molar-refractivity contribution in [3.63, 3.8) is 0 Å². The number of alkyl carbamates (subject to hydrolysis) is 1. The van der Waals surface area contributed by atoms with Crippen LogP contribution in [0, 0.1) is 10.1 Å². The number of carbonyl (C=O) groups is 2. The minimum atomic E-state index is -0.842. The van der Waals surface area contributed by atoms with E-state index in [4.69, 9.17) is 9.47 Å². The molecule has 158 valence electrons. The van der Waals surface area contributed by atoms with Crippen LogP contribution in [0.5, 0.6) is 5.75 Å². The minimum absolute atomic E-state index is 0.0700. The Morgan fingerprint density at radius 2 is 1.97 bits per heavy atom. The quantitative estimate of drug-likeness (QED) is 0.311.